The maximum absolute atomic E-state index is 11.1. The summed E-state index contributed by atoms with van der Waals surface area (Å²) in [6.07, 6.45) is 4.25. The number of benzene rings is 1. The van der Waals surface area contributed by atoms with Gasteiger partial charge in [0.05, 0.1) is 5.92 Å². The Morgan fingerprint density at radius 3 is 2.74 bits per heavy atom. The van der Waals surface area contributed by atoms with Crippen molar-refractivity contribution in [1.29, 1.82) is 0 Å². The average molecular weight is 359 g/mol. The van der Waals surface area contributed by atoms with Crippen LogP contribution in [0.15, 0.2) is 60.9 Å². The lowest BCUT2D eigenvalue weighted by molar-refractivity contribution is -0.138. The molecule has 0 saturated heterocycles. The molecule has 0 aliphatic heterocycles. The van der Waals surface area contributed by atoms with Crippen molar-refractivity contribution in [2.45, 2.75) is 25.8 Å². The van der Waals surface area contributed by atoms with Gasteiger partial charge in [-0.15, -0.1) is 0 Å². The highest BCUT2D eigenvalue weighted by Gasteiger charge is 2.45. The molecule has 2 heterocycles. The Morgan fingerprint density at radius 2 is 2.04 bits per heavy atom. The Bertz CT molecular complexity index is 969. The number of aryl methyl sites for hydroxylation is 1. The molecule has 1 fully saturated rings. The van der Waals surface area contributed by atoms with E-state index in [0.717, 1.165) is 29.2 Å². The SMILES string of the molecule is Cc1cccc(CNc2ccc(-c3ccnc(C4CC4C(=O)O)c3)cn2)c1. The average Bonchev–Trinajstić information content (AvgIpc) is 3.48. The van der Waals surface area contributed by atoms with E-state index in [1.165, 1.54) is 11.1 Å². The largest absolute Gasteiger partial charge is 0.481 e. The number of carbonyl (C=O) groups is 1. The first-order valence-corrected chi connectivity index (χ1v) is 9.05. The van der Waals surface area contributed by atoms with E-state index in [1.54, 1.807) is 6.20 Å². The quantitative estimate of drug-likeness (QED) is 0.688. The molecule has 2 aromatic heterocycles. The molecule has 5 heteroatoms. The van der Waals surface area contributed by atoms with Gasteiger partial charge in [0.1, 0.15) is 5.82 Å². The molecule has 1 aliphatic rings. The van der Waals surface area contributed by atoms with Gasteiger partial charge in [-0.05, 0) is 48.7 Å². The van der Waals surface area contributed by atoms with Crippen molar-refractivity contribution in [2.24, 2.45) is 5.92 Å². The van der Waals surface area contributed by atoms with Crippen LogP contribution in [-0.4, -0.2) is 21.0 Å². The third-order valence-corrected chi connectivity index (χ3v) is 4.92. The molecule has 4 rings (SSSR count). The summed E-state index contributed by atoms with van der Waals surface area (Å²) in [4.78, 5) is 19.9. The van der Waals surface area contributed by atoms with Crippen LogP contribution in [0.1, 0.15) is 29.2 Å². The van der Waals surface area contributed by atoms with Gasteiger partial charge in [0.25, 0.3) is 0 Å². The zero-order valence-electron chi connectivity index (χ0n) is 15.1. The van der Waals surface area contributed by atoms with Gasteiger partial charge in [-0.3, -0.25) is 9.78 Å². The summed E-state index contributed by atoms with van der Waals surface area (Å²) in [5.74, 6) is -0.176. The van der Waals surface area contributed by atoms with Crippen LogP contribution < -0.4 is 5.32 Å². The van der Waals surface area contributed by atoms with Crippen LogP contribution in [0.25, 0.3) is 11.1 Å². The predicted octanol–water partition coefficient (Wildman–Crippen LogP) is 4.25. The molecule has 2 unspecified atom stereocenters. The number of carboxylic acids is 1. The highest BCUT2D eigenvalue weighted by Crippen LogP contribution is 2.47. The number of carboxylic acid groups (broad SMARTS) is 1. The first-order chi connectivity index (χ1) is 13.1. The number of anilines is 1. The Morgan fingerprint density at radius 1 is 1.15 bits per heavy atom. The van der Waals surface area contributed by atoms with Gasteiger partial charge in [0.2, 0.25) is 0 Å². The normalized spacial score (nSPS) is 18.1. The van der Waals surface area contributed by atoms with Crippen molar-refractivity contribution in [3.05, 3.63) is 77.7 Å². The van der Waals surface area contributed by atoms with Gasteiger partial charge in [-0.25, -0.2) is 4.98 Å². The molecule has 1 saturated carbocycles. The molecule has 2 N–H and O–H groups in total. The number of nitrogens with zero attached hydrogens (tertiary/aromatic N) is 2. The summed E-state index contributed by atoms with van der Waals surface area (Å²) in [6, 6.07) is 16.3. The molecule has 136 valence electrons. The van der Waals surface area contributed by atoms with Crippen LogP contribution in [0, 0.1) is 12.8 Å². The lowest BCUT2D eigenvalue weighted by Gasteiger charge is -2.08. The zero-order chi connectivity index (χ0) is 18.8. The molecule has 3 aromatic rings. The minimum atomic E-state index is -0.738. The second kappa shape index (κ2) is 7.19. The standard InChI is InChI=1S/C22H21N3O2/c1-14-3-2-4-15(9-14)12-24-21-6-5-17(13-25-21)16-7-8-23-20(10-16)18-11-19(18)22(26)27/h2-10,13,18-19H,11-12H2,1H3,(H,24,25)(H,26,27). The van der Waals surface area contributed by atoms with E-state index in [0.29, 0.717) is 6.42 Å². The third-order valence-electron chi connectivity index (χ3n) is 4.92. The molecule has 2 atom stereocenters. The van der Waals surface area contributed by atoms with Gasteiger partial charge in [-0.1, -0.05) is 29.8 Å². The fraction of sp³-hybridized carbons (Fsp3) is 0.227. The van der Waals surface area contributed by atoms with Gasteiger partial charge in [0.15, 0.2) is 0 Å². The molecule has 5 nitrogen and oxygen atoms in total. The van der Waals surface area contributed by atoms with E-state index in [4.69, 9.17) is 5.11 Å². The Balaban J connectivity index is 1.44. The summed E-state index contributed by atoms with van der Waals surface area (Å²) in [7, 11) is 0. The van der Waals surface area contributed by atoms with Gasteiger partial charge in [-0.2, -0.15) is 0 Å². The van der Waals surface area contributed by atoms with E-state index < -0.39 is 5.97 Å². The zero-order valence-corrected chi connectivity index (χ0v) is 15.1. The minimum Gasteiger partial charge on any atom is -0.481 e. The molecule has 0 radical (unpaired) electrons. The number of rotatable bonds is 6. The first kappa shape index (κ1) is 17.2. The molecule has 1 aliphatic carbocycles. The number of hydrogen-bond acceptors (Lipinski definition) is 4. The topological polar surface area (TPSA) is 75.1 Å². The number of aromatic nitrogens is 2. The van der Waals surface area contributed by atoms with E-state index in [1.807, 2.05) is 30.5 Å². The summed E-state index contributed by atoms with van der Waals surface area (Å²) in [6.45, 7) is 2.81. The smallest absolute Gasteiger partial charge is 0.307 e. The molecule has 0 bridgehead atoms. The fourth-order valence-corrected chi connectivity index (χ4v) is 3.31. The number of pyridine rings is 2. The maximum atomic E-state index is 11.1. The molecule has 1 aromatic carbocycles. The molecule has 0 spiro atoms. The van der Waals surface area contributed by atoms with Crippen molar-refractivity contribution < 1.29 is 9.90 Å². The van der Waals surface area contributed by atoms with Crippen LogP contribution in [0.3, 0.4) is 0 Å². The van der Waals surface area contributed by atoms with Crippen molar-refractivity contribution in [2.75, 3.05) is 5.32 Å². The van der Waals surface area contributed by atoms with E-state index in [-0.39, 0.29) is 11.8 Å². The second-order valence-electron chi connectivity index (χ2n) is 7.03. The summed E-state index contributed by atoms with van der Waals surface area (Å²) in [5.41, 5.74) is 5.31. The maximum Gasteiger partial charge on any atom is 0.307 e. The van der Waals surface area contributed by atoms with E-state index >= 15 is 0 Å². The number of aliphatic carboxylic acids is 1. The second-order valence-corrected chi connectivity index (χ2v) is 7.03. The van der Waals surface area contributed by atoms with E-state index in [2.05, 4.69) is 46.5 Å². The van der Waals surface area contributed by atoms with Gasteiger partial charge < -0.3 is 10.4 Å². The predicted molar refractivity (Wildman–Crippen MR) is 104 cm³/mol. The van der Waals surface area contributed by atoms with Crippen LogP contribution in [0.5, 0.6) is 0 Å². The van der Waals surface area contributed by atoms with Crippen molar-refractivity contribution in [3.63, 3.8) is 0 Å². The van der Waals surface area contributed by atoms with Gasteiger partial charge in [0, 0.05) is 36.1 Å². The highest BCUT2D eigenvalue weighted by molar-refractivity contribution is 5.75. The minimum absolute atomic E-state index is 0.0330. The Labute approximate surface area is 158 Å². The van der Waals surface area contributed by atoms with Crippen LogP contribution in [-0.2, 0) is 11.3 Å². The van der Waals surface area contributed by atoms with Crippen LogP contribution in [0.2, 0.25) is 0 Å². The Hall–Kier alpha value is -3.21. The number of nitrogens with one attached hydrogen (secondary N) is 1. The molecular weight excluding hydrogens is 338 g/mol. The first-order valence-electron chi connectivity index (χ1n) is 9.05. The molecule has 0 amide bonds. The Kier molecular flexibility index (Phi) is 4.59. The molecule has 27 heavy (non-hydrogen) atoms. The third kappa shape index (κ3) is 3.97. The highest BCUT2D eigenvalue weighted by atomic mass is 16.4. The molecular formula is C22H21N3O2. The van der Waals surface area contributed by atoms with Crippen molar-refractivity contribution in [1.82, 2.24) is 9.97 Å². The van der Waals surface area contributed by atoms with Crippen molar-refractivity contribution in [3.8, 4) is 11.1 Å². The lowest BCUT2D eigenvalue weighted by atomic mass is 10.1. The van der Waals surface area contributed by atoms with E-state index in [9.17, 15) is 4.79 Å². The van der Waals surface area contributed by atoms with Crippen LogP contribution >= 0.6 is 0 Å². The van der Waals surface area contributed by atoms with Crippen LogP contribution in [0.4, 0.5) is 5.82 Å². The number of hydrogen-bond donors (Lipinski definition) is 2. The summed E-state index contributed by atoms with van der Waals surface area (Å²) in [5, 5.41) is 12.4. The fourth-order valence-electron chi connectivity index (χ4n) is 3.31. The van der Waals surface area contributed by atoms with Crippen molar-refractivity contribution >= 4 is 11.8 Å². The summed E-state index contributed by atoms with van der Waals surface area (Å²) < 4.78 is 0. The van der Waals surface area contributed by atoms with Gasteiger partial charge >= 0.3 is 5.97 Å². The monoisotopic (exact) mass is 359 g/mol. The lowest BCUT2D eigenvalue weighted by Crippen LogP contribution is -2.01. The summed E-state index contributed by atoms with van der Waals surface area (Å²) >= 11 is 0.